The van der Waals surface area contributed by atoms with E-state index in [1.165, 1.54) is 12.1 Å². The molecule has 9 nitrogen and oxygen atoms in total. The van der Waals surface area contributed by atoms with E-state index in [4.69, 9.17) is 28.4 Å². The molecule has 3 heterocycles. The Morgan fingerprint density at radius 1 is 0.444 bits per heavy atom. The van der Waals surface area contributed by atoms with Crippen LogP contribution in [0.15, 0.2) is 127 Å². The second-order valence-corrected chi connectivity index (χ2v) is 12.8. The van der Waals surface area contributed by atoms with Crippen LogP contribution in [0.4, 0.5) is 0 Å². The van der Waals surface area contributed by atoms with E-state index in [0.717, 1.165) is 55.6 Å². The first-order valence-electron chi connectivity index (χ1n) is 17.5. The van der Waals surface area contributed by atoms with E-state index in [9.17, 15) is 9.59 Å². The normalized spacial score (nSPS) is 13.9. The predicted molar refractivity (Wildman–Crippen MR) is 203 cm³/mol. The molecule has 1 aromatic heterocycles. The second-order valence-electron chi connectivity index (χ2n) is 12.8. The van der Waals surface area contributed by atoms with Crippen LogP contribution in [0.3, 0.4) is 0 Å². The number of nitrogens with zero attached hydrogens (tertiary/aromatic N) is 1. The van der Waals surface area contributed by atoms with E-state index in [0.29, 0.717) is 37.9 Å². The third-order valence-electron chi connectivity index (χ3n) is 9.02. The molecular formula is C45H39NO8. The number of carbonyl (C=O) groups is 2. The summed E-state index contributed by atoms with van der Waals surface area (Å²) in [4.78, 5) is 30.3. The monoisotopic (exact) mass is 721 g/mol. The van der Waals surface area contributed by atoms with Gasteiger partial charge in [0.2, 0.25) is 0 Å². The van der Waals surface area contributed by atoms with Crippen molar-refractivity contribution in [1.29, 1.82) is 0 Å². The topological polar surface area (TPSA) is 102 Å². The summed E-state index contributed by atoms with van der Waals surface area (Å²) in [5, 5.41) is 0. The summed E-state index contributed by atoms with van der Waals surface area (Å²) in [5.74, 6) is 0.0845. The Labute approximate surface area is 314 Å². The number of ether oxygens (including phenoxy) is 6. The molecule has 0 radical (unpaired) electrons. The molecule has 0 atom stereocenters. The minimum Gasteiger partial charge on any atom is -0.496 e. The molecule has 0 spiro atoms. The van der Waals surface area contributed by atoms with Gasteiger partial charge in [0.05, 0.1) is 40.6 Å². The fourth-order valence-electron chi connectivity index (χ4n) is 6.28. The fourth-order valence-corrected chi connectivity index (χ4v) is 6.28. The van der Waals surface area contributed by atoms with Crippen molar-refractivity contribution in [3.05, 3.63) is 172 Å². The Kier molecular flexibility index (Phi) is 11.4. The Hall–Kier alpha value is -6.29. The van der Waals surface area contributed by atoms with Crippen LogP contribution in [-0.4, -0.2) is 31.1 Å². The highest BCUT2D eigenvalue weighted by Gasteiger charge is 2.16. The summed E-state index contributed by atoms with van der Waals surface area (Å²) >= 11 is 0. The average Bonchev–Trinajstić information content (AvgIpc) is 3.22. The number of fused-ring (bicyclic) bond motifs is 10. The summed E-state index contributed by atoms with van der Waals surface area (Å²) in [6, 6.07) is 40.3. The minimum absolute atomic E-state index is 0.0152. The van der Waals surface area contributed by atoms with Gasteiger partial charge >= 0.3 is 11.9 Å². The van der Waals surface area contributed by atoms with Gasteiger partial charge in [0.15, 0.2) is 0 Å². The zero-order valence-electron chi connectivity index (χ0n) is 30.1. The van der Waals surface area contributed by atoms with Gasteiger partial charge in [-0.25, -0.2) is 14.6 Å². The van der Waals surface area contributed by atoms with E-state index in [1.54, 1.807) is 20.3 Å². The summed E-state index contributed by atoms with van der Waals surface area (Å²) in [5.41, 5.74) is 9.27. The van der Waals surface area contributed by atoms with Crippen LogP contribution in [0, 0.1) is 0 Å². The van der Waals surface area contributed by atoms with E-state index >= 15 is 0 Å². The number of hydrogen-bond donors (Lipinski definition) is 0. The number of pyridine rings is 1. The third-order valence-corrected chi connectivity index (χ3v) is 9.02. The molecule has 0 amide bonds. The summed E-state index contributed by atoms with van der Waals surface area (Å²) < 4.78 is 35.1. The molecule has 8 rings (SSSR count). The molecule has 6 aromatic rings. The molecular weight excluding hydrogens is 682 g/mol. The van der Waals surface area contributed by atoms with Crippen LogP contribution in [0.1, 0.15) is 54.4 Å². The first kappa shape index (κ1) is 36.1. The zero-order chi connectivity index (χ0) is 37.3. The van der Waals surface area contributed by atoms with Gasteiger partial charge in [-0.2, -0.15) is 0 Å². The molecule has 12 bridgehead atoms. The second kappa shape index (κ2) is 17.0. The Bertz CT molecular complexity index is 2130. The van der Waals surface area contributed by atoms with Crippen LogP contribution >= 0.6 is 0 Å². The van der Waals surface area contributed by atoms with Gasteiger partial charge in [-0.3, -0.25) is 0 Å². The van der Waals surface area contributed by atoms with Gasteiger partial charge in [0.1, 0.15) is 36.1 Å². The number of esters is 2. The molecule has 54 heavy (non-hydrogen) atoms. The lowest BCUT2D eigenvalue weighted by Crippen LogP contribution is -2.12. The largest absolute Gasteiger partial charge is 0.496 e. The standard InChI is InChI=1S/C45H39NO8/c1-49-42-22-39-29-52-25-31-9-4-13-35(19-31)37-15-6-11-33(21-37)27-54-45(48)41-17-7-16-40(46-41)44(47)53-26-32-10-5-14-36(20-32)34-12-3-8-30(18-34)24-51-28-38(42)23-43(39)50-2/h3-23H,24-29H2,1-2H3. The number of hydrogen-bond acceptors (Lipinski definition) is 9. The van der Waals surface area contributed by atoms with E-state index in [-0.39, 0.29) is 24.6 Å². The van der Waals surface area contributed by atoms with Crippen molar-refractivity contribution in [3.8, 4) is 33.8 Å². The smallest absolute Gasteiger partial charge is 0.357 e. The van der Waals surface area contributed by atoms with Gasteiger partial charge in [-0.1, -0.05) is 78.9 Å². The summed E-state index contributed by atoms with van der Waals surface area (Å²) in [6.07, 6.45) is 0. The highest BCUT2D eigenvalue weighted by molar-refractivity contribution is 5.91. The lowest BCUT2D eigenvalue weighted by atomic mass is 10.0. The van der Waals surface area contributed by atoms with Crippen molar-refractivity contribution < 1.29 is 38.0 Å². The van der Waals surface area contributed by atoms with Crippen molar-refractivity contribution in [1.82, 2.24) is 4.98 Å². The number of methoxy groups -OCH3 is 2. The number of rotatable bonds is 2. The lowest BCUT2D eigenvalue weighted by Gasteiger charge is -2.16. The highest BCUT2D eigenvalue weighted by Crippen LogP contribution is 2.31. The van der Waals surface area contributed by atoms with Crippen LogP contribution in [0.2, 0.25) is 0 Å². The molecule has 0 saturated carbocycles. The molecule has 5 aromatic carbocycles. The maximum atomic E-state index is 13.0. The minimum atomic E-state index is -0.645. The van der Waals surface area contributed by atoms with Crippen molar-refractivity contribution in [2.75, 3.05) is 14.2 Å². The van der Waals surface area contributed by atoms with Crippen LogP contribution in [0.25, 0.3) is 22.3 Å². The van der Waals surface area contributed by atoms with Crippen LogP contribution in [0.5, 0.6) is 11.5 Å². The first-order chi connectivity index (χ1) is 26.4. The van der Waals surface area contributed by atoms with Gasteiger partial charge in [0.25, 0.3) is 0 Å². The molecule has 0 aliphatic carbocycles. The van der Waals surface area contributed by atoms with E-state index < -0.39 is 11.9 Å². The summed E-state index contributed by atoms with van der Waals surface area (Å²) in [7, 11) is 3.28. The van der Waals surface area contributed by atoms with Crippen molar-refractivity contribution in [3.63, 3.8) is 0 Å². The summed E-state index contributed by atoms with van der Waals surface area (Å²) in [6.45, 7) is 1.45. The van der Waals surface area contributed by atoms with Gasteiger partial charge in [-0.15, -0.1) is 0 Å². The highest BCUT2D eigenvalue weighted by atomic mass is 16.5. The van der Waals surface area contributed by atoms with Crippen LogP contribution in [-0.2, 0) is 58.6 Å². The molecule has 0 fully saturated rings. The molecule has 9 heteroatoms. The maximum absolute atomic E-state index is 13.0. The quantitative estimate of drug-likeness (QED) is 0.162. The fraction of sp³-hybridized carbons (Fsp3) is 0.178. The zero-order valence-corrected chi connectivity index (χ0v) is 30.1. The van der Waals surface area contributed by atoms with Crippen molar-refractivity contribution >= 4 is 11.9 Å². The maximum Gasteiger partial charge on any atom is 0.357 e. The SMILES string of the molecule is COc1cc2c(OC)cc1COCc1cccc(c1)-c1cccc(c1)COC(=O)c1cccc(n1)C(=O)OCc1cccc(c1)-c1cccc(c1)COC2. The Balaban J connectivity index is 1.16. The molecule has 2 aliphatic heterocycles. The van der Waals surface area contributed by atoms with Crippen LogP contribution < -0.4 is 9.47 Å². The predicted octanol–water partition coefficient (Wildman–Crippen LogP) is 8.89. The number of aromatic nitrogens is 1. The van der Waals surface area contributed by atoms with E-state index in [1.807, 2.05) is 97.1 Å². The van der Waals surface area contributed by atoms with Gasteiger partial charge in [0, 0.05) is 11.1 Å². The van der Waals surface area contributed by atoms with Gasteiger partial charge in [-0.05, 0) is 93.0 Å². The molecule has 0 saturated heterocycles. The average molecular weight is 722 g/mol. The Morgan fingerprint density at radius 3 is 1.17 bits per heavy atom. The van der Waals surface area contributed by atoms with E-state index in [2.05, 4.69) is 17.1 Å². The third kappa shape index (κ3) is 8.83. The Morgan fingerprint density at radius 2 is 0.796 bits per heavy atom. The van der Waals surface area contributed by atoms with Gasteiger partial charge < -0.3 is 28.4 Å². The molecule has 0 unspecified atom stereocenters. The lowest BCUT2D eigenvalue weighted by molar-refractivity contribution is 0.0456. The number of benzene rings is 5. The molecule has 272 valence electrons. The number of carbonyl (C=O) groups excluding carboxylic acids is 2. The van der Waals surface area contributed by atoms with Crippen molar-refractivity contribution in [2.24, 2.45) is 0 Å². The van der Waals surface area contributed by atoms with Crippen molar-refractivity contribution in [2.45, 2.75) is 39.6 Å². The molecule has 0 N–H and O–H groups in total. The molecule has 2 aliphatic rings. The first-order valence-corrected chi connectivity index (χ1v) is 17.5.